The summed E-state index contributed by atoms with van der Waals surface area (Å²) in [6.07, 6.45) is 9.65. The SMILES string of the molecule is CCNC(=O)CCCCC[NH2+]C(=C\C=C(/C)S(=O)(=O)OC)/C=C/c1cc2ccc(N(CC)CC)cc2oc1=O. The van der Waals surface area contributed by atoms with E-state index in [-0.39, 0.29) is 10.8 Å². The third kappa shape index (κ3) is 10.1. The van der Waals surface area contributed by atoms with Gasteiger partial charge in [0.2, 0.25) is 5.91 Å². The van der Waals surface area contributed by atoms with Crippen LogP contribution >= 0.6 is 0 Å². The van der Waals surface area contributed by atoms with Crippen molar-refractivity contribution >= 4 is 38.8 Å². The number of hydrogen-bond acceptors (Lipinski definition) is 7. The zero-order valence-electron chi connectivity index (χ0n) is 23.7. The van der Waals surface area contributed by atoms with Crippen LogP contribution in [-0.2, 0) is 19.1 Å². The molecule has 214 valence electrons. The van der Waals surface area contributed by atoms with Crippen LogP contribution in [0.2, 0.25) is 0 Å². The average Bonchev–Trinajstić information content (AvgIpc) is 2.92. The van der Waals surface area contributed by atoms with E-state index in [1.165, 1.54) is 13.0 Å². The number of unbranched alkanes of at least 4 members (excludes halogenated alkanes) is 2. The Morgan fingerprint density at radius 3 is 2.51 bits per heavy atom. The van der Waals surface area contributed by atoms with Crippen molar-refractivity contribution in [3.63, 3.8) is 0 Å². The molecule has 0 fully saturated rings. The summed E-state index contributed by atoms with van der Waals surface area (Å²) in [6.45, 7) is 10.6. The Morgan fingerprint density at radius 2 is 1.85 bits per heavy atom. The van der Waals surface area contributed by atoms with Gasteiger partial charge in [-0.05, 0) is 89.5 Å². The number of quaternary nitrogens is 1. The van der Waals surface area contributed by atoms with Gasteiger partial charge in [-0.3, -0.25) is 8.98 Å². The van der Waals surface area contributed by atoms with Crippen LogP contribution in [0.5, 0.6) is 0 Å². The first-order chi connectivity index (χ1) is 18.6. The molecular formula is C29H42N3O6S+. The van der Waals surface area contributed by atoms with Crippen LogP contribution in [0.4, 0.5) is 5.69 Å². The largest absolute Gasteiger partial charge is 0.422 e. The van der Waals surface area contributed by atoms with Gasteiger partial charge in [0.05, 0.1) is 24.1 Å². The lowest BCUT2D eigenvalue weighted by molar-refractivity contribution is -0.602. The summed E-state index contributed by atoms with van der Waals surface area (Å²) in [6, 6.07) is 7.62. The lowest BCUT2D eigenvalue weighted by Gasteiger charge is -2.20. The van der Waals surface area contributed by atoms with Gasteiger partial charge in [-0.25, -0.2) is 4.79 Å². The highest BCUT2D eigenvalue weighted by Crippen LogP contribution is 2.22. The van der Waals surface area contributed by atoms with E-state index in [1.807, 2.05) is 30.4 Å². The van der Waals surface area contributed by atoms with Gasteiger partial charge < -0.3 is 20.0 Å². The fourth-order valence-electron chi connectivity index (χ4n) is 3.98. The predicted octanol–water partition coefficient (Wildman–Crippen LogP) is 3.68. The number of nitrogens with one attached hydrogen (secondary N) is 1. The second kappa shape index (κ2) is 16.0. The van der Waals surface area contributed by atoms with Crippen LogP contribution in [0, 0.1) is 0 Å². The molecule has 1 heterocycles. The number of carbonyl (C=O) groups is 1. The maximum absolute atomic E-state index is 12.7. The predicted molar refractivity (Wildman–Crippen MR) is 157 cm³/mol. The maximum atomic E-state index is 12.7. The highest BCUT2D eigenvalue weighted by atomic mass is 32.2. The number of nitrogens with zero attached hydrogens (tertiary/aromatic N) is 1. The van der Waals surface area contributed by atoms with E-state index < -0.39 is 15.7 Å². The van der Waals surface area contributed by atoms with Crippen molar-refractivity contribution in [3.8, 4) is 0 Å². The van der Waals surface area contributed by atoms with Gasteiger partial charge in [-0.2, -0.15) is 8.42 Å². The van der Waals surface area contributed by atoms with E-state index in [4.69, 9.17) is 4.42 Å². The molecule has 0 aliphatic heterocycles. The molecule has 1 amide bonds. The molecule has 0 atom stereocenters. The third-order valence-electron chi connectivity index (χ3n) is 6.32. The van der Waals surface area contributed by atoms with Crippen LogP contribution in [0.15, 0.2) is 62.3 Å². The van der Waals surface area contributed by atoms with Crippen LogP contribution in [0.1, 0.15) is 58.9 Å². The highest BCUT2D eigenvalue weighted by molar-refractivity contribution is 7.90. The third-order valence-corrected chi connectivity index (χ3v) is 7.68. The summed E-state index contributed by atoms with van der Waals surface area (Å²) in [7, 11) is -2.66. The van der Waals surface area contributed by atoms with Crippen LogP contribution in [-0.4, -0.2) is 47.6 Å². The monoisotopic (exact) mass is 560 g/mol. The van der Waals surface area contributed by atoms with Gasteiger partial charge in [0, 0.05) is 43.2 Å². The Bertz CT molecular complexity index is 1350. The number of amides is 1. The minimum absolute atomic E-state index is 0.0588. The minimum atomic E-state index is -3.78. The molecule has 1 aromatic carbocycles. The molecule has 39 heavy (non-hydrogen) atoms. The Balaban J connectivity index is 2.22. The van der Waals surface area contributed by atoms with E-state index in [0.29, 0.717) is 24.1 Å². The number of allylic oxidation sites excluding steroid dienone is 4. The summed E-state index contributed by atoms with van der Waals surface area (Å²) >= 11 is 0. The molecule has 0 spiro atoms. The van der Waals surface area contributed by atoms with E-state index >= 15 is 0 Å². The zero-order valence-corrected chi connectivity index (χ0v) is 24.5. The van der Waals surface area contributed by atoms with Gasteiger partial charge in [-0.15, -0.1) is 0 Å². The van der Waals surface area contributed by atoms with Crippen LogP contribution in [0.3, 0.4) is 0 Å². The number of hydrogen-bond donors (Lipinski definition) is 2. The summed E-state index contributed by atoms with van der Waals surface area (Å²) in [4.78, 5) is 26.6. The first-order valence-electron chi connectivity index (χ1n) is 13.4. The number of rotatable bonds is 16. The summed E-state index contributed by atoms with van der Waals surface area (Å²) < 4.78 is 34.1. The smallest absolute Gasteiger partial charge is 0.343 e. The molecule has 0 saturated carbocycles. The van der Waals surface area contributed by atoms with Gasteiger partial charge >= 0.3 is 5.63 Å². The molecule has 2 aromatic rings. The molecule has 0 aliphatic carbocycles. The van der Waals surface area contributed by atoms with E-state index in [0.717, 1.165) is 62.8 Å². The molecule has 2 rings (SSSR count). The topological polar surface area (TPSA) is 123 Å². The zero-order chi connectivity index (χ0) is 28.8. The van der Waals surface area contributed by atoms with Gasteiger partial charge in [0.25, 0.3) is 10.1 Å². The summed E-state index contributed by atoms with van der Waals surface area (Å²) in [5.74, 6) is 0.0588. The number of carbonyl (C=O) groups excluding carboxylic acids is 1. The second-order valence-electron chi connectivity index (χ2n) is 9.04. The summed E-state index contributed by atoms with van der Waals surface area (Å²) in [5.41, 5.74) is 2.21. The minimum Gasteiger partial charge on any atom is -0.422 e. The number of benzene rings is 1. The van der Waals surface area contributed by atoms with Crippen molar-refractivity contribution < 1.29 is 27.1 Å². The Morgan fingerprint density at radius 1 is 1.10 bits per heavy atom. The molecule has 0 bridgehead atoms. The Kier molecular flexibility index (Phi) is 13.1. The van der Waals surface area contributed by atoms with E-state index in [1.54, 1.807) is 24.3 Å². The molecule has 0 saturated heterocycles. The Labute approximate surface area is 231 Å². The number of fused-ring (bicyclic) bond motifs is 1. The van der Waals surface area contributed by atoms with Crippen molar-refractivity contribution in [2.75, 3.05) is 38.2 Å². The lowest BCUT2D eigenvalue weighted by Crippen LogP contribution is -2.81. The van der Waals surface area contributed by atoms with Gasteiger partial charge in [-0.1, -0.05) is 0 Å². The van der Waals surface area contributed by atoms with Crippen LogP contribution in [0.25, 0.3) is 17.0 Å². The first kappa shape index (κ1) is 32.0. The van der Waals surface area contributed by atoms with Crippen molar-refractivity contribution in [1.29, 1.82) is 0 Å². The molecule has 10 heteroatoms. The molecule has 0 unspecified atom stereocenters. The fraction of sp³-hybridized carbons (Fsp3) is 0.448. The number of nitrogens with two attached hydrogens (primary N) is 1. The molecule has 3 N–H and O–H groups in total. The normalized spacial score (nSPS) is 12.8. The van der Waals surface area contributed by atoms with Gasteiger partial charge in [0.1, 0.15) is 11.3 Å². The van der Waals surface area contributed by atoms with Crippen molar-refractivity contribution in [3.05, 3.63) is 69.1 Å². The second-order valence-corrected chi connectivity index (χ2v) is 10.9. The van der Waals surface area contributed by atoms with Crippen molar-refractivity contribution in [1.82, 2.24) is 5.32 Å². The molecule has 9 nitrogen and oxygen atoms in total. The standard InChI is InChI=1S/C29H41N3O6S/c1-6-30-28(33)12-10-9-11-19-31-25(16-13-22(4)39(35,36)37-5)17-14-24-20-23-15-18-26(32(7-2)8-3)21-27(23)38-29(24)34/h13-18,20-21,31H,6-12,19H2,1-5H3,(H,30,33)/p+1/b17-14+,22-13+,25-16-. The van der Waals surface area contributed by atoms with Crippen molar-refractivity contribution in [2.24, 2.45) is 0 Å². The quantitative estimate of drug-likeness (QED) is 0.139. The maximum Gasteiger partial charge on any atom is 0.343 e. The number of anilines is 1. The lowest BCUT2D eigenvalue weighted by atomic mass is 10.1. The molecule has 1 aromatic heterocycles. The molecule has 0 radical (unpaired) electrons. The fourth-order valence-corrected chi connectivity index (χ4v) is 4.48. The van der Waals surface area contributed by atoms with E-state index in [2.05, 4.69) is 28.2 Å². The Hall–Kier alpha value is -3.21. The van der Waals surface area contributed by atoms with E-state index in [9.17, 15) is 18.0 Å². The molecular weight excluding hydrogens is 518 g/mol. The first-order valence-corrected chi connectivity index (χ1v) is 14.9. The van der Waals surface area contributed by atoms with Crippen LogP contribution < -0.4 is 21.2 Å². The average molecular weight is 561 g/mol. The van der Waals surface area contributed by atoms with Crippen molar-refractivity contribution in [2.45, 2.75) is 53.4 Å². The molecule has 0 aliphatic rings. The summed E-state index contributed by atoms with van der Waals surface area (Å²) in [5, 5.41) is 5.58. The van der Waals surface area contributed by atoms with Gasteiger partial charge in [0.15, 0.2) is 0 Å². The highest BCUT2D eigenvalue weighted by Gasteiger charge is 2.11.